The smallest absolute Gasteiger partial charge is 0.325 e. The van der Waals surface area contributed by atoms with Gasteiger partial charge in [-0.3, -0.25) is 9.59 Å². The molecule has 1 aliphatic carbocycles. The number of hydrogen-bond acceptors (Lipinski definition) is 4. The summed E-state index contributed by atoms with van der Waals surface area (Å²) in [6, 6.07) is 6.34. The van der Waals surface area contributed by atoms with Crippen LogP contribution in [0.3, 0.4) is 0 Å². The molecule has 2 bridgehead atoms. The number of hydrogen-bond donors (Lipinski definition) is 1. The molecule has 2 N–H and O–H groups in total. The van der Waals surface area contributed by atoms with Crippen molar-refractivity contribution in [3.8, 4) is 0 Å². The number of imide groups is 1. The van der Waals surface area contributed by atoms with E-state index >= 15 is 0 Å². The van der Waals surface area contributed by atoms with Gasteiger partial charge in [-0.15, -0.1) is 0 Å². The van der Waals surface area contributed by atoms with Gasteiger partial charge in [-0.1, -0.05) is 0 Å². The second-order valence-corrected chi connectivity index (χ2v) is 7.79. The summed E-state index contributed by atoms with van der Waals surface area (Å²) in [5.41, 5.74) is 7.47. The van der Waals surface area contributed by atoms with E-state index in [4.69, 9.17) is 5.73 Å². The average molecular weight is 354 g/mol. The zero-order chi connectivity index (χ0) is 18.0. The number of nitrogens with zero attached hydrogens (tertiary/aromatic N) is 3. The Hall–Kier alpha value is -2.41. The van der Waals surface area contributed by atoms with Crippen LogP contribution in [-0.2, 0) is 9.59 Å². The van der Waals surface area contributed by atoms with E-state index in [0.717, 1.165) is 37.8 Å². The van der Waals surface area contributed by atoms with Crippen molar-refractivity contribution in [1.82, 2.24) is 4.90 Å². The van der Waals surface area contributed by atoms with Crippen molar-refractivity contribution < 1.29 is 14.4 Å². The molecule has 5 rings (SSSR count). The third-order valence-corrected chi connectivity index (χ3v) is 6.33. The molecule has 0 radical (unpaired) electrons. The maximum Gasteiger partial charge on any atom is 0.332 e. The largest absolute Gasteiger partial charge is 0.332 e. The van der Waals surface area contributed by atoms with E-state index in [1.54, 1.807) is 17.0 Å². The highest BCUT2D eigenvalue weighted by Gasteiger charge is 2.50. The second kappa shape index (κ2) is 5.54. The molecular weight excluding hydrogens is 332 g/mol. The second-order valence-electron chi connectivity index (χ2n) is 7.79. The van der Waals surface area contributed by atoms with E-state index in [-0.39, 0.29) is 29.8 Å². The molecule has 4 atom stereocenters. The Labute approximate surface area is 151 Å². The number of piperidine rings is 2. The fourth-order valence-corrected chi connectivity index (χ4v) is 5.04. The molecule has 4 fully saturated rings. The van der Waals surface area contributed by atoms with Crippen LogP contribution in [0.2, 0.25) is 0 Å². The quantitative estimate of drug-likeness (QED) is 0.815. The number of carbonyl (C=O) groups excluding carboxylic acids is 3. The number of carbonyl (C=O) groups is 3. The molecule has 0 spiro atoms. The number of benzene rings is 1. The standard InChI is InChI=1S/C19H22N4O3/c20-15-2-1-9-21-16(15)18(25)23(19(21)26)13-7-5-12(6-8-13)22-14-4-3-11(10-14)17(22)24/h5-8,11,14-16H,1-4,9-10,20H2/t11?,14?,15-,16+/m1/s1. The van der Waals surface area contributed by atoms with Crippen LogP contribution in [0.15, 0.2) is 24.3 Å². The summed E-state index contributed by atoms with van der Waals surface area (Å²) in [6.07, 6.45) is 4.57. The number of urea groups is 1. The van der Waals surface area contributed by atoms with Gasteiger partial charge < -0.3 is 15.5 Å². The van der Waals surface area contributed by atoms with E-state index in [2.05, 4.69) is 0 Å². The van der Waals surface area contributed by atoms with Gasteiger partial charge in [-0.25, -0.2) is 9.69 Å². The first-order valence-electron chi connectivity index (χ1n) is 9.39. The van der Waals surface area contributed by atoms with Gasteiger partial charge >= 0.3 is 6.03 Å². The number of amides is 4. The highest BCUT2D eigenvalue weighted by Crippen LogP contribution is 2.41. The highest BCUT2D eigenvalue weighted by atomic mass is 16.2. The lowest BCUT2D eigenvalue weighted by Gasteiger charge is -2.31. The first-order chi connectivity index (χ1) is 12.6. The van der Waals surface area contributed by atoms with Crippen molar-refractivity contribution in [3.63, 3.8) is 0 Å². The Balaban J connectivity index is 1.42. The summed E-state index contributed by atoms with van der Waals surface area (Å²) >= 11 is 0. The fraction of sp³-hybridized carbons (Fsp3) is 0.526. The Kier molecular flexibility index (Phi) is 3.37. The third-order valence-electron chi connectivity index (χ3n) is 6.33. The normalized spacial score (nSPS) is 33.4. The Bertz CT molecular complexity index is 792. The molecule has 0 aromatic heterocycles. The van der Waals surface area contributed by atoms with Crippen LogP contribution < -0.4 is 15.5 Å². The molecule has 1 saturated carbocycles. The molecule has 3 heterocycles. The van der Waals surface area contributed by atoms with Crippen LogP contribution in [0.1, 0.15) is 32.1 Å². The van der Waals surface area contributed by atoms with Gasteiger partial charge in [0.1, 0.15) is 6.04 Å². The predicted molar refractivity (Wildman–Crippen MR) is 95.6 cm³/mol. The van der Waals surface area contributed by atoms with E-state index in [9.17, 15) is 14.4 Å². The lowest BCUT2D eigenvalue weighted by atomic mass is 9.98. The molecular formula is C19H22N4O3. The van der Waals surface area contributed by atoms with Crippen molar-refractivity contribution in [2.75, 3.05) is 16.3 Å². The molecule has 7 nitrogen and oxygen atoms in total. The molecule has 1 aromatic carbocycles. The summed E-state index contributed by atoms with van der Waals surface area (Å²) in [7, 11) is 0. The predicted octanol–water partition coefficient (Wildman–Crippen LogP) is 1.46. The molecule has 3 aliphatic heterocycles. The molecule has 4 aliphatic rings. The first kappa shape index (κ1) is 15.8. The zero-order valence-electron chi connectivity index (χ0n) is 14.5. The summed E-state index contributed by atoms with van der Waals surface area (Å²) in [5.74, 6) is 0.121. The van der Waals surface area contributed by atoms with Gasteiger partial charge in [0.2, 0.25) is 5.91 Å². The Morgan fingerprint density at radius 1 is 0.923 bits per heavy atom. The minimum absolute atomic E-state index is 0.166. The van der Waals surface area contributed by atoms with Crippen LogP contribution in [0.25, 0.3) is 0 Å². The highest BCUT2D eigenvalue weighted by molar-refractivity contribution is 6.21. The molecule has 26 heavy (non-hydrogen) atoms. The number of anilines is 2. The molecule has 7 heteroatoms. The van der Waals surface area contributed by atoms with Crippen molar-refractivity contribution in [3.05, 3.63) is 24.3 Å². The zero-order valence-corrected chi connectivity index (χ0v) is 14.5. The molecule has 136 valence electrons. The molecule has 2 unspecified atom stereocenters. The van der Waals surface area contributed by atoms with Crippen molar-refractivity contribution in [1.29, 1.82) is 0 Å². The maximum atomic E-state index is 12.8. The monoisotopic (exact) mass is 354 g/mol. The van der Waals surface area contributed by atoms with E-state index in [1.165, 1.54) is 4.90 Å². The molecule has 1 aromatic rings. The van der Waals surface area contributed by atoms with Crippen molar-refractivity contribution in [2.24, 2.45) is 11.7 Å². The van der Waals surface area contributed by atoms with Gasteiger partial charge in [0, 0.05) is 30.2 Å². The number of nitrogens with two attached hydrogens (primary N) is 1. The van der Waals surface area contributed by atoms with Gasteiger partial charge in [-0.2, -0.15) is 0 Å². The van der Waals surface area contributed by atoms with Gasteiger partial charge in [-0.05, 0) is 56.4 Å². The average Bonchev–Trinajstić information content (AvgIpc) is 3.29. The van der Waals surface area contributed by atoms with Crippen LogP contribution in [0.5, 0.6) is 0 Å². The van der Waals surface area contributed by atoms with Crippen LogP contribution in [-0.4, -0.2) is 47.4 Å². The molecule has 3 saturated heterocycles. The minimum atomic E-state index is -0.549. The fourth-order valence-electron chi connectivity index (χ4n) is 5.04. The third kappa shape index (κ3) is 2.06. The summed E-state index contributed by atoms with van der Waals surface area (Å²) in [6.45, 7) is 0.572. The van der Waals surface area contributed by atoms with Crippen LogP contribution >= 0.6 is 0 Å². The topological polar surface area (TPSA) is 86.9 Å². The SMILES string of the molecule is N[C@@H]1CCCN2C(=O)N(c3ccc(N4C(=O)C5CCC4C5)cc3)C(=O)[C@H]12. The summed E-state index contributed by atoms with van der Waals surface area (Å²) in [4.78, 5) is 42.6. The lowest BCUT2D eigenvalue weighted by molar-refractivity contribution is -0.121. The minimum Gasteiger partial charge on any atom is -0.325 e. The van der Waals surface area contributed by atoms with Crippen LogP contribution in [0.4, 0.5) is 16.2 Å². The Morgan fingerprint density at radius 3 is 2.31 bits per heavy atom. The van der Waals surface area contributed by atoms with Gasteiger partial charge in [0.05, 0.1) is 5.69 Å². The van der Waals surface area contributed by atoms with Gasteiger partial charge in [0.25, 0.3) is 5.91 Å². The van der Waals surface area contributed by atoms with E-state index in [1.807, 2.05) is 17.0 Å². The lowest BCUT2D eigenvalue weighted by Crippen LogP contribution is -2.52. The Morgan fingerprint density at radius 2 is 1.65 bits per heavy atom. The summed E-state index contributed by atoms with van der Waals surface area (Å²) < 4.78 is 0. The first-order valence-corrected chi connectivity index (χ1v) is 9.39. The van der Waals surface area contributed by atoms with Gasteiger partial charge in [0.15, 0.2) is 0 Å². The van der Waals surface area contributed by atoms with E-state index in [0.29, 0.717) is 18.3 Å². The number of rotatable bonds is 2. The number of fused-ring (bicyclic) bond motifs is 3. The molecule has 4 amide bonds. The van der Waals surface area contributed by atoms with Crippen molar-refractivity contribution in [2.45, 2.75) is 50.2 Å². The maximum absolute atomic E-state index is 12.8. The summed E-state index contributed by atoms with van der Waals surface area (Å²) in [5, 5.41) is 0. The van der Waals surface area contributed by atoms with Crippen molar-refractivity contribution >= 4 is 29.2 Å². The van der Waals surface area contributed by atoms with Crippen LogP contribution in [0, 0.1) is 5.92 Å². The van der Waals surface area contributed by atoms with E-state index < -0.39 is 6.04 Å².